The molecule has 0 unspecified atom stereocenters. The van der Waals surface area contributed by atoms with Gasteiger partial charge in [-0.15, -0.1) is 0 Å². The molecule has 1 aromatic rings. The fraction of sp³-hybridized carbons (Fsp3) is 0.250. The zero-order chi connectivity index (χ0) is 11.3. The number of rotatable bonds is 4. The molecule has 3 N–H and O–H groups in total. The minimum atomic E-state index is -0.597. The van der Waals surface area contributed by atoms with Crippen LogP contribution in [0.15, 0.2) is 12.3 Å². The lowest BCUT2D eigenvalue weighted by atomic mass is 10.2. The highest BCUT2D eigenvalue weighted by molar-refractivity contribution is 5.55. The Balaban J connectivity index is 3.00. The Morgan fingerprint density at radius 2 is 2.47 bits per heavy atom. The lowest BCUT2D eigenvalue weighted by Crippen LogP contribution is -2.14. The molecule has 78 valence electrons. The first-order valence-corrected chi connectivity index (χ1v) is 4.17. The maximum Gasteiger partial charge on any atom is 0.289 e. The molecule has 0 spiro atoms. The average molecular weight is 207 g/mol. The third-order valence-corrected chi connectivity index (χ3v) is 1.64. The number of pyridine rings is 1. The minimum absolute atomic E-state index is 0.137. The molecule has 0 aromatic carbocycles. The third-order valence-electron chi connectivity index (χ3n) is 1.64. The van der Waals surface area contributed by atoms with E-state index in [4.69, 9.17) is 11.0 Å². The summed E-state index contributed by atoms with van der Waals surface area (Å²) < 4.78 is 0. The molecular formula is C8H9N5O2. The molecule has 1 heterocycles. The summed E-state index contributed by atoms with van der Waals surface area (Å²) >= 11 is 0. The standard InChI is InChI=1S/C8H9N5O2/c9-1-2-11-8-6(4-10)3-7(5-12-8)13(14)15/h3,5H,1-2,9H2,(H,11,12). The maximum absolute atomic E-state index is 10.4. The lowest BCUT2D eigenvalue weighted by Gasteiger charge is -2.04. The van der Waals surface area contributed by atoms with Gasteiger partial charge in [-0.1, -0.05) is 0 Å². The van der Waals surface area contributed by atoms with Crippen molar-refractivity contribution in [3.63, 3.8) is 0 Å². The van der Waals surface area contributed by atoms with Crippen LogP contribution in [0.4, 0.5) is 11.5 Å². The Hall–Kier alpha value is -2.20. The molecule has 0 saturated carbocycles. The van der Waals surface area contributed by atoms with E-state index in [9.17, 15) is 10.1 Å². The number of nitriles is 1. The number of aromatic nitrogens is 1. The van der Waals surface area contributed by atoms with Gasteiger partial charge in [0, 0.05) is 19.2 Å². The average Bonchev–Trinajstić information content (AvgIpc) is 2.25. The number of hydrogen-bond donors (Lipinski definition) is 2. The molecule has 0 aliphatic rings. The number of anilines is 1. The van der Waals surface area contributed by atoms with E-state index in [1.54, 1.807) is 0 Å². The van der Waals surface area contributed by atoms with Crippen LogP contribution in [0, 0.1) is 21.4 Å². The Morgan fingerprint density at radius 3 is 3.00 bits per heavy atom. The van der Waals surface area contributed by atoms with Gasteiger partial charge in [0.25, 0.3) is 5.69 Å². The van der Waals surface area contributed by atoms with E-state index in [1.807, 2.05) is 6.07 Å². The molecule has 7 nitrogen and oxygen atoms in total. The second-order valence-electron chi connectivity index (χ2n) is 2.67. The fourth-order valence-corrected chi connectivity index (χ4v) is 0.970. The van der Waals surface area contributed by atoms with Crippen LogP contribution < -0.4 is 11.1 Å². The third kappa shape index (κ3) is 2.62. The largest absolute Gasteiger partial charge is 0.368 e. The number of nitrogens with two attached hydrogens (primary N) is 1. The summed E-state index contributed by atoms with van der Waals surface area (Å²) in [4.78, 5) is 13.6. The zero-order valence-corrected chi connectivity index (χ0v) is 7.80. The van der Waals surface area contributed by atoms with E-state index in [-0.39, 0.29) is 11.3 Å². The van der Waals surface area contributed by atoms with Crippen molar-refractivity contribution in [3.05, 3.63) is 27.9 Å². The fourth-order valence-electron chi connectivity index (χ4n) is 0.970. The predicted octanol–water partition coefficient (Wildman–Crippen LogP) is 0.232. The molecule has 1 rings (SSSR count). The first kappa shape index (κ1) is 10.9. The summed E-state index contributed by atoms with van der Waals surface area (Å²) in [5, 5.41) is 21.9. The Morgan fingerprint density at radius 1 is 1.73 bits per heavy atom. The smallest absolute Gasteiger partial charge is 0.289 e. The first-order chi connectivity index (χ1) is 7.19. The van der Waals surface area contributed by atoms with Crippen molar-refractivity contribution in [3.8, 4) is 6.07 Å². The highest BCUT2D eigenvalue weighted by atomic mass is 16.6. The first-order valence-electron chi connectivity index (χ1n) is 4.17. The van der Waals surface area contributed by atoms with E-state index in [1.165, 1.54) is 6.07 Å². The van der Waals surface area contributed by atoms with Gasteiger partial charge in [0.05, 0.1) is 4.92 Å². The van der Waals surface area contributed by atoms with Crippen molar-refractivity contribution >= 4 is 11.5 Å². The van der Waals surface area contributed by atoms with Crippen molar-refractivity contribution in [1.82, 2.24) is 4.98 Å². The van der Waals surface area contributed by atoms with Gasteiger partial charge >= 0.3 is 0 Å². The van der Waals surface area contributed by atoms with Gasteiger partial charge in [0.2, 0.25) is 0 Å². The van der Waals surface area contributed by atoms with Gasteiger partial charge in [-0.2, -0.15) is 5.26 Å². The van der Waals surface area contributed by atoms with Gasteiger partial charge in [-0.25, -0.2) is 4.98 Å². The van der Waals surface area contributed by atoms with Crippen LogP contribution in [0.2, 0.25) is 0 Å². The molecule has 0 aliphatic heterocycles. The molecular weight excluding hydrogens is 198 g/mol. The van der Waals surface area contributed by atoms with E-state index in [2.05, 4.69) is 10.3 Å². The molecule has 0 amide bonds. The van der Waals surface area contributed by atoms with E-state index < -0.39 is 4.92 Å². The van der Waals surface area contributed by atoms with Crippen molar-refractivity contribution in [2.45, 2.75) is 0 Å². The quantitative estimate of drug-likeness (QED) is 0.539. The molecule has 0 saturated heterocycles. The monoisotopic (exact) mass is 207 g/mol. The van der Waals surface area contributed by atoms with Crippen LogP contribution in [0.25, 0.3) is 0 Å². The van der Waals surface area contributed by atoms with Crippen LogP contribution in [0.5, 0.6) is 0 Å². The highest BCUT2D eigenvalue weighted by Gasteiger charge is 2.11. The summed E-state index contributed by atoms with van der Waals surface area (Å²) in [6, 6.07) is 3.00. The van der Waals surface area contributed by atoms with Crippen molar-refractivity contribution in [1.29, 1.82) is 5.26 Å². The molecule has 1 aromatic heterocycles. The van der Waals surface area contributed by atoms with Crippen LogP contribution in [-0.4, -0.2) is 23.0 Å². The summed E-state index contributed by atoms with van der Waals surface area (Å²) in [6.07, 6.45) is 1.10. The van der Waals surface area contributed by atoms with E-state index >= 15 is 0 Å². The van der Waals surface area contributed by atoms with Gasteiger partial charge in [-0.3, -0.25) is 10.1 Å². The lowest BCUT2D eigenvalue weighted by molar-refractivity contribution is -0.385. The van der Waals surface area contributed by atoms with Gasteiger partial charge in [0.1, 0.15) is 23.6 Å². The number of hydrogen-bond acceptors (Lipinski definition) is 6. The minimum Gasteiger partial charge on any atom is -0.368 e. The number of nitrogens with one attached hydrogen (secondary N) is 1. The second kappa shape index (κ2) is 4.88. The number of nitrogens with zero attached hydrogens (tertiary/aromatic N) is 3. The Kier molecular flexibility index (Phi) is 3.54. The second-order valence-corrected chi connectivity index (χ2v) is 2.67. The summed E-state index contributed by atoms with van der Waals surface area (Å²) in [7, 11) is 0. The molecule has 0 atom stereocenters. The number of nitro groups is 1. The molecule has 0 bridgehead atoms. The summed E-state index contributed by atoms with van der Waals surface area (Å²) in [5.74, 6) is 0.313. The Labute approximate surface area is 85.7 Å². The molecule has 0 radical (unpaired) electrons. The SMILES string of the molecule is N#Cc1cc([N+](=O)[O-])cnc1NCCN. The molecule has 0 aliphatic carbocycles. The summed E-state index contributed by atoms with van der Waals surface area (Å²) in [5.41, 5.74) is 5.20. The van der Waals surface area contributed by atoms with Gasteiger partial charge in [0.15, 0.2) is 0 Å². The zero-order valence-electron chi connectivity index (χ0n) is 7.80. The molecule has 7 heteroatoms. The van der Waals surface area contributed by atoms with Crippen LogP contribution in [0.1, 0.15) is 5.56 Å². The molecule has 15 heavy (non-hydrogen) atoms. The van der Waals surface area contributed by atoms with E-state index in [0.717, 1.165) is 6.20 Å². The Bertz CT molecular complexity index is 412. The van der Waals surface area contributed by atoms with Gasteiger partial charge in [-0.05, 0) is 0 Å². The van der Waals surface area contributed by atoms with Gasteiger partial charge < -0.3 is 11.1 Å². The van der Waals surface area contributed by atoms with Crippen molar-refractivity contribution in [2.24, 2.45) is 5.73 Å². The van der Waals surface area contributed by atoms with Crippen LogP contribution >= 0.6 is 0 Å². The van der Waals surface area contributed by atoms with Crippen LogP contribution in [0.3, 0.4) is 0 Å². The topological polar surface area (TPSA) is 118 Å². The van der Waals surface area contributed by atoms with Crippen molar-refractivity contribution < 1.29 is 4.92 Å². The van der Waals surface area contributed by atoms with Crippen LogP contribution in [-0.2, 0) is 0 Å². The molecule has 0 fully saturated rings. The predicted molar refractivity (Wildman–Crippen MR) is 53.2 cm³/mol. The highest BCUT2D eigenvalue weighted by Crippen LogP contribution is 2.17. The van der Waals surface area contributed by atoms with Crippen molar-refractivity contribution in [2.75, 3.05) is 18.4 Å². The maximum atomic E-state index is 10.4. The van der Waals surface area contributed by atoms with E-state index in [0.29, 0.717) is 18.9 Å². The normalized spacial score (nSPS) is 9.33. The summed E-state index contributed by atoms with van der Waals surface area (Å²) in [6.45, 7) is 0.850.